The van der Waals surface area contributed by atoms with Crippen LogP contribution in [0.2, 0.25) is 0 Å². The molecule has 5 nitrogen and oxygen atoms in total. The van der Waals surface area contributed by atoms with Crippen molar-refractivity contribution >= 4 is 17.7 Å². The average Bonchev–Trinajstić information content (AvgIpc) is 3.43. The van der Waals surface area contributed by atoms with Crippen LogP contribution in [-0.4, -0.2) is 36.5 Å². The van der Waals surface area contributed by atoms with Crippen LogP contribution >= 0.6 is 11.8 Å². The summed E-state index contributed by atoms with van der Waals surface area (Å²) < 4.78 is 5.46. The summed E-state index contributed by atoms with van der Waals surface area (Å²) >= 11 is 1.93. The van der Waals surface area contributed by atoms with E-state index < -0.39 is 0 Å². The fraction of sp³-hybridized carbons (Fsp3) is 0.350. The molecule has 0 bridgehead atoms. The number of phenols is 1. The molecule has 0 radical (unpaired) electrons. The smallest absolute Gasteiger partial charge is 0.191 e. The van der Waals surface area contributed by atoms with Crippen LogP contribution in [0.3, 0.4) is 0 Å². The molecule has 2 aromatic carbocycles. The minimum Gasteiger partial charge on any atom is -0.508 e. The Morgan fingerprint density at radius 3 is 2.62 bits per heavy atom. The molecular formula is C20H25N3O2S. The quantitative estimate of drug-likeness (QED) is 0.514. The van der Waals surface area contributed by atoms with Gasteiger partial charge in [0.05, 0.1) is 7.11 Å². The van der Waals surface area contributed by atoms with E-state index in [2.05, 4.69) is 39.9 Å². The zero-order chi connectivity index (χ0) is 18.4. The molecule has 6 heteroatoms. The summed E-state index contributed by atoms with van der Waals surface area (Å²) in [5.41, 5.74) is 0.770. The highest BCUT2D eigenvalue weighted by Gasteiger charge is 2.43. The topological polar surface area (TPSA) is 65.9 Å². The minimum absolute atomic E-state index is 0.243. The third kappa shape index (κ3) is 4.85. The van der Waals surface area contributed by atoms with Crippen molar-refractivity contribution in [2.45, 2.75) is 29.0 Å². The maximum Gasteiger partial charge on any atom is 0.191 e. The first-order chi connectivity index (χ1) is 12.6. The Bertz CT molecular complexity index is 761. The number of thioether (sulfide) groups is 1. The lowest BCUT2D eigenvalue weighted by Gasteiger charge is -2.18. The van der Waals surface area contributed by atoms with Crippen molar-refractivity contribution in [1.82, 2.24) is 10.6 Å². The molecule has 0 aromatic heterocycles. The predicted molar refractivity (Wildman–Crippen MR) is 107 cm³/mol. The van der Waals surface area contributed by atoms with E-state index in [1.54, 1.807) is 26.3 Å². The second kappa shape index (κ2) is 8.36. The van der Waals surface area contributed by atoms with Crippen LogP contribution in [-0.2, 0) is 6.54 Å². The molecule has 0 aliphatic heterocycles. The summed E-state index contributed by atoms with van der Waals surface area (Å²) in [6, 6.07) is 15.7. The van der Waals surface area contributed by atoms with Gasteiger partial charge in [-0.1, -0.05) is 18.2 Å². The molecular weight excluding hydrogens is 346 g/mol. The van der Waals surface area contributed by atoms with E-state index in [4.69, 9.17) is 4.74 Å². The summed E-state index contributed by atoms with van der Waals surface area (Å²) in [4.78, 5) is 5.59. The SMILES string of the molecule is CN=C(NCc1cc(OC)ccc1O)NCC1(Sc2ccccc2)CC1. The highest BCUT2D eigenvalue weighted by atomic mass is 32.2. The van der Waals surface area contributed by atoms with Crippen molar-refractivity contribution in [2.75, 3.05) is 20.7 Å². The van der Waals surface area contributed by atoms with Gasteiger partial charge < -0.3 is 20.5 Å². The number of ether oxygens (including phenoxy) is 1. The van der Waals surface area contributed by atoms with E-state index in [0.29, 0.717) is 6.54 Å². The van der Waals surface area contributed by atoms with Gasteiger partial charge in [0.2, 0.25) is 0 Å². The number of rotatable bonds is 7. The highest BCUT2D eigenvalue weighted by Crippen LogP contribution is 2.51. The van der Waals surface area contributed by atoms with E-state index >= 15 is 0 Å². The number of guanidine groups is 1. The lowest BCUT2D eigenvalue weighted by molar-refractivity contribution is 0.410. The normalized spacial score (nSPS) is 15.4. The molecule has 1 aliphatic carbocycles. The molecule has 0 amide bonds. The molecule has 2 aromatic rings. The largest absolute Gasteiger partial charge is 0.508 e. The van der Waals surface area contributed by atoms with Gasteiger partial charge >= 0.3 is 0 Å². The van der Waals surface area contributed by atoms with Gasteiger partial charge in [0, 0.05) is 35.3 Å². The zero-order valence-electron chi connectivity index (χ0n) is 15.2. The average molecular weight is 372 g/mol. The van der Waals surface area contributed by atoms with Crippen LogP contribution in [0.15, 0.2) is 58.4 Å². The molecule has 26 heavy (non-hydrogen) atoms. The number of hydrogen-bond donors (Lipinski definition) is 3. The molecule has 0 spiro atoms. The Morgan fingerprint density at radius 1 is 1.19 bits per heavy atom. The molecule has 0 heterocycles. The number of nitrogens with zero attached hydrogens (tertiary/aromatic N) is 1. The van der Waals surface area contributed by atoms with Crippen LogP contribution in [0.5, 0.6) is 11.5 Å². The standard InChI is InChI=1S/C20H25N3O2S/c1-21-19(22-13-15-12-16(25-2)8-9-18(15)24)23-14-20(10-11-20)26-17-6-4-3-5-7-17/h3-9,12,24H,10-11,13-14H2,1-2H3,(H2,21,22,23). The van der Waals surface area contributed by atoms with Crippen LogP contribution in [0, 0.1) is 0 Å². The van der Waals surface area contributed by atoms with E-state index in [1.165, 1.54) is 17.7 Å². The maximum atomic E-state index is 9.99. The van der Waals surface area contributed by atoms with Crippen LogP contribution in [0.1, 0.15) is 18.4 Å². The maximum absolute atomic E-state index is 9.99. The number of benzene rings is 2. The van der Waals surface area contributed by atoms with Gasteiger partial charge in [0.15, 0.2) is 5.96 Å². The van der Waals surface area contributed by atoms with Gasteiger partial charge in [-0.2, -0.15) is 0 Å². The lowest BCUT2D eigenvalue weighted by atomic mass is 10.2. The molecule has 1 fully saturated rings. The molecule has 3 rings (SSSR count). The fourth-order valence-corrected chi connectivity index (χ4v) is 3.91. The van der Waals surface area contributed by atoms with Crippen molar-refractivity contribution in [3.8, 4) is 11.5 Å². The Kier molecular flexibility index (Phi) is 5.93. The van der Waals surface area contributed by atoms with Gasteiger partial charge in [-0.05, 0) is 43.2 Å². The van der Waals surface area contributed by atoms with E-state index in [1.807, 2.05) is 23.9 Å². The second-order valence-corrected chi connectivity index (χ2v) is 7.91. The monoisotopic (exact) mass is 371 g/mol. The van der Waals surface area contributed by atoms with Crippen LogP contribution in [0.25, 0.3) is 0 Å². The molecule has 1 saturated carbocycles. The lowest BCUT2D eigenvalue weighted by Crippen LogP contribution is -2.40. The third-order valence-electron chi connectivity index (χ3n) is 4.42. The first-order valence-corrected chi connectivity index (χ1v) is 9.50. The molecule has 3 N–H and O–H groups in total. The Balaban J connectivity index is 1.52. The van der Waals surface area contributed by atoms with Gasteiger partial charge in [-0.15, -0.1) is 11.8 Å². The van der Waals surface area contributed by atoms with E-state index in [-0.39, 0.29) is 10.5 Å². The molecule has 0 unspecified atom stereocenters. The van der Waals surface area contributed by atoms with E-state index in [0.717, 1.165) is 23.8 Å². The van der Waals surface area contributed by atoms with Crippen molar-refractivity contribution in [3.63, 3.8) is 0 Å². The van der Waals surface area contributed by atoms with Crippen molar-refractivity contribution in [3.05, 3.63) is 54.1 Å². The summed E-state index contributed by atoms with van der Waals surface area (Å²) in [5, 5.41) is 16.7. The van der Waals surface area contributed by atoms with Crippen molar-refractivity contribution in [2.24, 2.45) is 4.99 Å². The van der Waals surface area contributed by atoms with Crippen LogP contribution < -0.4 is 15.4 Å². The van der Waals surface area contributed by atoms with Crippen molar-refractivity contribution in [1.29, 1.82) is 0 Å². The van der Waals surface area contributed by atoms with Crippen molar-refractivity contribution < 1.29 is 9.84 Å². The first kappa shape index (κ1) is 18.5. The molecule has 0 atom stereocenters. The van der Waals surface area contributed by atoms with Gasteiger partial charge in [-0.3, -0.25) is 4.99 Å². The summed E-state index contributed by atoms with van der Waals surface area (Å²) in [7, 11) is 3.37. The zero-order valence-corrected chi connectivity index (χ0v) is 16.0. The number of methoxy groups -OCH3 is 1. The number of aliphatic imine (C=N–C) groups is 1. The number of aromatic hydroxyl groups is 1. The van der Waals surface area contributed by atoms with Gasteiger partial charge in [0.25, 0.3) is 0 Å². The van der Waals surface area contributed by atoms with E-state index in [9.17, 15) is 5.11 Å². The fourth-order valence-electron chi connectivity index (χ4n) is 2.67. The number of phenolic OH excluding ortho intramolecular Hbond substituents is 1. The van der Waals surface area contributed by atoms with Gasteiger partial charge in [-0.25, -0.2) is 0 Å². The summed E-state index contributed by atoms with van der Waals surface area (Å²) in [5.74, 6) is 1.69. The Hall–Kier alpha value is -2.34. The number of nitrogens with one attached hydrogen (secondary N) is 2. The molecule has 0 saturated heterocycles. The second-order valence-electron chi connectivity index (χ2n) is 6.37. The highest BCUT2D eigenvalue weighted by molar-refractivity contribution is 8.01. The van der Waals surface area contributed by atoms with Crippen LogP contribution in [0.4, 0.5) is 0 Å². The predicted octanol–water partition coefficient (Wildman–Crippen LogP) is 3.39. The first-order valence-electron chi connectivity index (χ1n) is 8.69. The summed E-state index contributed by atoms with van der Waals surface area (Å²) in [6.07, 6.45) is 2.40. The Labute approximate surface area is 158 Å². The molecule has 1 aliphatic rings. The Morgan fingerprint density at radius 2 is 1.96 bits per heavy atom. The minimum atomic E-state index is 0.243. The summed E-state index contributed by atoms with van der Waals surface area (Å²) in [6.45, 7) is 1.33. The molecule has 138 valence electrons. The third-order valence-corrected chi connectivity index (χ3v) is 5.91. The van der Waals surface area contributed by atoms with Gasteiger partial charge in [0.1, 0.15) is 11.5 Å². The number of hydrogen-bond acceptors (Lipinski definition) is 4.